The number of rotatable bonds is 7. The summed E-state index contributed by atoms with van der Waals surface area (Å²) >= 11 is 0. The molecule has 0 amide bonds. The maximum Gasteiger partial charge on any atom is 0.138 e. The Bertz CT molecular complexity index is 572. The average molecular weight is 286 g/mol. The lowest BCUT2D eigenvalue weighted by molar-refractivity contribution is 0.297. The minimum absolute atomic E-state index is 0.374. The van der Waals surface area contributed by atoms with E-state index in [9.17, 15) is 0 Å². The van der Waals surface area contributed by atoms with Crippen LogP contribution in [0.5, 0.6) is 5.75 Å². The zero-order valence-corrected chi connectivity index (χ0v) is 12.6. The average Bonchev–Trinajstić information content (AvgIpc) is 3.19. The second-order valence-corrected chi connectivity index (χ2v) is 5.81. The number of hydrogen-bond acceptors (Lipinski definition) is 4. The van der Waals surface area contributed by atoms with Crippen LogP contribution in [0.2, 0.25) is 0 Å². The largest absolute Gasteiger partial charge is 0.486 e. The molecule has 0 unspecified atom stereocenters. The second-order valence-electron chi connectivity index (χ2n) is 5.81. The summed E-state index contributed by atoms with van der Waals surface area (Å²) in [7, 11) is 0. The zero-order chi connectivity index (χ0) is 14.7. The summed E-state index contributed by atoms with van der Waals surface area (Å²) in [5.41, 5.74) is 1.99. The van der Waals surface area contributed by atoms with Gasteiger partial charge in [0.25, 0.3) is 0 Å². The van der Waals surface area contributed by atoms with E-state index in [1.165, 1.54) is 12.8 Å². The highest BCUT2D eigenvalue weighted by Gasteiger charge is 2.20. The van der Waals surface area contributed by atoms with Crippen molar-refractivity contribution in [3.63, 3.8) is 0 Å². The molecule has 2 aromatic rings. The van der Waals surface area contributed by atoms with Gasteiger partial charge in [0.15, 0.2) is 0 Å². The highest BCUT2D eigenvalue weighted by atomic mass is 16.5. The van der Waals surface area contributed by atoms with Gasteiger partial charge in [0.2, 0.25) is 0 Å². The number of pyridine rings is 1. The Morgan fingerprint density at radius 3 is 2.76 bits per heavy atom. The molecule has 0 saturated heterocycles. The predicted octanol–water partition coefficient (Wildman–Crippen LogP) is 2.69. The zero-order valence-electron chi connectivity index (χ0n) is 12.6. The van der Waals surface area contributed by atoms with E-state index in [2.05, 4.69) is 29.2 Å². The summed E-state index contributed by atoms with van der Waals surface area (Å²) in [5, 5.41) is 7.91. The van der Waals surface area contributed by atoms with Crippen molar-refractivity contribution in [2.45, 2.75) is 51.9 Å². The Morgan fingerprint density at radius 1 is 1.29 bits per heavy atom. The number of nitrogens with one attached hydrogen (secondary N) is 1. The molecular weight excluding hydrogens is 264 g/mol. The molecule has 1 fully saturated rings. The van der Waals surface area contributed by atoms with E-state index in [1.807, 2.05) is 29.1 Å². The summed E-state index contributed by atoms with van der Waals surface area (Å²) in [6.45, 7) is 5.52. The van der Waals surface area contributed by atoms with E-state index >= 15 is 0 Å². The van der Waals surface area contributed by atoms with Crippen molar-refractivity contribution in [3.05, 3.63) is 42.0 Å². The van der Waals surface area contributed by atoms with E-state index in [1.54, 1.807) is 6.20 Å². The number of hydrogen-bond donors (Lipinski definition) is 1. The van der Waals surface area contributed by atoms with Crippen LogP contribution in [-0.4, -0.2) is 20.8 Å². The summed E-state index contributed by atoms with van der Waals surface area (Å²) in [4.78, 5) is 4.41. The molecule has 1 aliphatic rings. The van der Waals surface area contributed by atoms with Crippen molar-refractivity contribution in [2.24, 2.45) is 0 Å². The fourth-order valence-corrected chi connectivity index (χ4v) is 2.04. The molecule has 112 valence electrons. The van der Waals surface area contributed by atoms with Crippen LogP contribution >= 0.6 is 0 Å². The lowest BCUT2D eigenvalue weighted by Gasteiger charge is -2.06. The Hall–Kier alpha value is -1.88. The maximum atomic E-state index is 5.72. The van der Waals surface area contributed by atoms with Crippen LogP contribution in [0.25, 0.3) is 0 Å². The van der Waals surface area contributed by atoms with E-state index < -0.39 is 0 Å². The minimum Gasteiger partial charge on any atom is -0.486 e. The molecule has 1 aliphatic carbocycles. The van der Waals surface area contributed by atoms with E-state index in [-0.39, 0.29) is 0 Å². The van der Waals surface area contributed by atoms with Crippen LogP contribution in [0.1, 0.15) is 44.1 Å². The van der Waals surface area contributed by atoms with Crippen LogP contribution < -0.4 is 10.1 Å². The normalized spacial score (nSPS) is 14.6. The first-order chi connectivity index (χ1) is 10.2. The SMILES string of the molecule is CC(C)n1ccc(COc2ccc(CNC3CC3)nc2)n1. The van der Waals surface area contributed by atoms with Crippen LogP contribution in [0.4, 0.5) is 0 Å². The topological polar surface area (TPSA) is 52.0 Å². The molecule has 1 N–H and O–H groups in total. The standard InChI is InChI=1S/C16H22N4O/c1-12(2)20-8-7-15(19-20)11-21-16-6-5-14(18-10-16)9-17-13-3-4-13/h5-8,10,12-13,17H,3-4,9,11H2,1-2H3. The van der Waals surface area contributed by atoms with Crippen LogP contribution in [0.15, 0.2) is 30.6 Å². The molecule has 3 rings (SSSR count). The van der Waals surface area contributed by atoms with Crippen LogP contribution in [0.3, 0.4) is 0 Å². The van der Waals surface area contributed by atoms with E-state index in [4.69, 9.17) is 4.74 Å². The summed E-state index contributed by atoms with van der Waals surface area (Å²) < 4.78 is 7.65. The van der Waals surface area contributed by atoms with Crippen molar-refractivity contribution in [2.75, 3.05) is 0 Å². The molecule has 0 bridgehead atoms. The van der Waals surface area contributed by atoms with Gasteiger partial charge in [0.05, 0.1) is 17.6 Å². The molecule has 1 saturated carbocycles. The molecule has 5 nitrogen and oxygen atoms in total. The lowest BCUT2D eigenvalue weighted by Crippen LogP contribution is -2.16. The maximum absolute atomic E-state index is 5.72. The van der Waals surface area contributed by atoms with Crippen molar-refractivity contribution in [1.82, 2.24) is 20.1 Å². The monoisotopic (exact) mass is 286 g/mol. The molecule has 5 heteroatoms. The molecule has 0 atom stereocenters. The summed E-state index contributed by atoms with van der Waals surface area (Å²) in [6.07, 6.45) is 6.35. The number of ether oxygens (including phenoxy) is 1. The van der Waals surface area contributed by atoms with Crippen LogP contribution in [-0.2, 0) is 13.2 Å². The van der Waals surface area contributed by atoms with Gasteiger partial charge in [-0.1, -0.05) is 0 Å². The van der Waals surface area contributed by atoms with Gasteiger partial charge in [0.1, 0.15) is 12.4 Å². The first-order valence-electron chi connectivity index (χ1n) is 7.56. The first kappa shape index (κ1) is 14.1. The Morgan fingerprint density at radius 2 is 2.14 bits per heavy atom. The molecule has 2 heterocycles. The molecule has 21 heavy (non-hydrogen) atoms. The van der Waals surface area contributed by atoms with Gasteiger partial charge >= 0.3 is 0 Å². The smallest absolute Gasteiger partial charge is 0.138 e. The van der Waals surface area contributed by atoms with Gasteiger partial charge in [-0.3, -0.25) is 9.67 Å². The Labute approximate surface area is 125 Å². The number of nitrogens with zero attached hydrogens (tertiary/aromatic N) is 3. The van der Waals surface area contributed by atoms with Gasteiger partial charge in [-0.15, -0.1) is 0 Å². The Balaban J connectivity index is 1.49. The molecule has 0 spiro atoms. The van der Waals surface area contributed by atoms with Gasteiger partial charge in [-0.25, -0.2) is 0 Å². The minimum atomic E-state index is 0.374. The first-order valence-corrected chi connectivity index (χ1v) is 7.56. The van der Waals surface area contributed by atoms with Gasteiger partial charge in [0, 0.05) is 24.8 Å². The van der Waals surface area contributed by atoms with Gasteiger partial charge in [-0.2, -0.15) is 5.10 Å². The third-order valence-electron chi connectivity index (χ3n) is 3.53. The molecule has 0 radical (unpaired) electrons. The third kappa shape index (κ3) is 4.04. The molecule has 0 aromatic carbocycles. The van der Waals surface area contributed by atoms with E-state index in [0.717, 1.165) is 23.7 Å². The third-order valence-corrected chi connectivity index (χ3v) is 3.53. The van der Waals surface area contributed by atoms with Crippen molar-refractivity contribution in [1.29, 1.82) is 0 Å². The van der Waals surface area contributed by atoms with Crippen molar-refractivity contribution >= 4 is 0 Å². The molecule has 2 aromatic heterocycles. The van der Waals surface area contributed by atoms with E-state index in [0.29, 0.717) is 18.7 Å². The van der Waals surface area contributed by atoms with Crippen LogP contribution in [0, 0.1) is 0 Å². The summed E-state index contributed by atoms with van der Waals surface area (Å²) in [6, 6.07) is 7.05. The highest BCUT2D eigenvalue weighted by Crippen LogP contribution is 2.19. The molecular formula is C16H22N4O. The second kappa shape index (κ2) is 6.26. The highest BCUT2D eigenvalue weighted by molar-refractivity contribution is 5.20. The quantitative estimate of drug-likeness (QED) is 0.850. The molecule has 0 aliphatic heterocycles. The Kier molecular flexibility index (Phi) is 4.20. The predicted molar refractivity (Wildman–Crippen MR) is 81.0 cm³/mol. The van der Waals surface area contributed by atoms with Crippen molar-refractivity contribution < 1.29 is 4.74 Å². The van der Waals surface area contributed by atoms with Crippen molar-refractivity contribution in [3.8, 4) is 5.75 Å². The number of aromatic nitrogens is 3. The summed E-state index contributed by atoms with van der Waals surface area (Å²) in [5.74, 6) is 0.782. The fourth-order valence-electron chi connectivity index (χ4n) is 2.04. The fraction of sp³-hybridized carbons (Fsp3) is 0.500. The van der Waals surface area contributed by atoms with Gasteiger partial charge < -0.3 is 10.1 Å². The lowest BCUT2D eigenvalue weighted by atomic mass is 10.3. The van der Waals surface area contributed by atoms with Gasteiger partial charge in [-0.05, 0) is 44.9 Å².